The molecule has 0 aliphatic heterocycles. The standard InChI is InChI=1S/C26H31F3/c1-3-5-6-21-14-16-23(17-24(21)27)20-10-7-18(8-11-20)9-12-22-15-13-19(4-2)25(28)26(22)29/h9,12-18,20H,3-8,10-11H2,1-2H3/b12-9+. The highest BCUT2D eigenvalue weighted by Crippen LogP contribution is 2.37. The molecule has 1 aliphatic rings. The Morgan fingerprint density at radius 2 is 1.62 bits per heavy atom. The second-order valence-electron chi connectivity index (χ2n) is 8.22. The number of benzene rings is 2. The van der Waals surface area contributed by atoms with Crippen LogP contribution in [0.2, 0.25) is 0 Å². The normalized spacial score (nSPS) is 19.8. The molecule has 0 spiro atoms. The molecule has 0 amide bonds. The van der Waals surface area contributed by atoms with E-state index in [1.807, 2.05) is 19.1 Å². The zero-order chi connectivity index (χ0) is 20.8. The van der Waals surface area contributed by atoms with Gasteiger partial charge < -0.3 is 0 Å². The summed E-state index contributed by atoms with van der Waals surface area (Å²) in [5, 5.41) is 0. The molecule has 0 bridgehead atoms. The van der Waals surface area contributed by atoms with Crippen molar-refractivity contribution in [2.24, 2.45) is 5.92 Å². The van der Waals surface area contributed by atoms with E-state index in [9.17, 15) is 13.2 Å². The Morgan fingerprint density at radius 3 is 2.28 bits per heavy atom. The van der Waals surface area contributed by atoms with E-state index in [2.05, 4.69) is 13.0 Å². The van der Waals surface area contributed by atoms with Crippen LogP contribution in [-0.4, -0.2) is 0 Å². The van der Waals surface area contributed by atoms with Gasteiger partial charge in [0.2, 0.25) is 0 Å². The first-order valence-electron chi connectivity index (χ1n) is 11.0. The van der Waals surface area contributed by atoms with E-state index in [-0.39, 0.29) is 5.82 Å². The minimum absolute atomic E-state index is 0.0778. The lowest BCUT2D eigenvalue weighted by Gasteiger charge is -2.27. The fourth-order valence-electron chi connectivity index (χ4n) is 4.28. The van der Waals surface area contributed by atoms with Gasteiger partial charge in [-0.2, -0.15) is 0 Å². The Hall–Kier alpha value is -2.03. The fourth-order valence-corrected chi connectivity index (χ4v) is 4.28. The molecular weight excluding hydrogens is 369 g/mol. The summed E-state index contributed by atoms with van der Waals surface area (Å²) in [6, 6.07) is 9.07. The summed E-state index contributed by atoms with van der Waals surface area (Å²) >= 11 is 0. The Balaban J connectivity index is 1.59. The fraction of sp³-hybridized carbons (Fsp3) is 0.462. The van der Waals surface area contributed by atoms with Gasteiger partial charge in [0.15, 0.2) is 11.6 Å². The molecule has 0 unspecified atom stereocenters. The first-order valence-corrected chi connectivity index (χ1v) is 11.0. The van der Waals surface area contributed by atoms with Crippen LogP contribution in [0.15, 0.2) is 36.4 Å². The van der Waals surface area contributed by atoms with E-state index in [4.69, 9.17) is 0 Å². The average Bonchev–Trinajstić information content (AvgIpc) is 2.74. The maximum absolute atomic E-state index is 14.4. The molecule has 0 atom stereocenters. The number of hydrogen-bond acceptors (Lipinski definition) is 0. The molecule has 29 heavy (non-hydrogen) atoms. The van der Waals surface area contributed by atoms with Crippen LogP contribution in [0.5, 0.6) is 0 Å². The van der Waals surface area contributed by atoms with Crippen molar-refractivity contribution in [3.8, 4) is 0 Å². The van der Waals surface area contributed by atoms with Crippen molar-refractivity contribution < 1.29 is 13.2 Å². The molecule has 0 saturated heterocycles. The summed E-state index contributed by atoms with van der Waals surface area (Å²) in [7, 11) is 0. The average molecular weight is 401 g/mol. The topological polar surface area (TPSA) is 0 Å². The molecule has 1 fully saturated rings. The first-order chi connectivity index (χ1) is 14.0. The summed E-state index contributed by atoms with van der Waals surface area (Å²) in [5.41, 5.74) is 2.63. The Kier molecular flexibility index (Phi) is 7.57. The number of rotatable bonds is 7. The summed E-state index contributed by atoms with van der Waals surface area (Å²) in [6.07, 6.45) is 11.0. The van der Waals surface area contributed by atoms with Crippen molar-refractivity contribution in [2.45, 2.75) is 71.1 Å². The molecular formula is C26H31F3. The highest BCUT2D eigenvalue weighted by Gasteiger charge is 2.22. The van der Waals surface area contributed by atoms with Gasteiger partial charge in [-0.15, -0.1) is 0 Å². The SMILES string of the molecule is CCCCc1ccc(C2CCC(/C=C/c3ccc(CC)c(F)c3F)CC2)cc1F. The van der Waals surface area contributed by atoms with Gasteiger partial charge in [0, 0.05) is 5.56 Å². The van der Waals surface area contributed by atoms with Gasteiger partial charge in [0.05, 0.1) is 0 Å². The quantitative estimate of drug-likeness (QED) is 0.442. The lowest BCUT2D eigenvalue weighted by Crippen LogP contribution is -2.12. The molecule has 0 radical (unpaired) electrons. The largest absolute Gasteiger partial charge is 0.207 e. The summed E-state index contributed by atoms with van der Waals surface area (Å²) < 4.78 is 42.5. The van der Waals surface area contributed by atoms with Crippen LogP contribution in [0.25, 0.3) is 6.08 Å². The van der Waals surface area contributed by atoms with Crippen LogP contribution >= 0.6 is 0 Å². The predicted octanol–water partition coefficient (Wildman–Crippen LogP) is 8.00. The summed E-state index contributed by atoms with van der Waals surface area (Å²) in [4.78, 5) is 0. The van der Waals surface area contributed by atoms with E-state index in [0.717, 1.165) is 56.1 Å². The van der Waals surface area contributed by atoms with Crippen molar-refractivity contribution in [3.63, 3.8) is 0 Å². The Morgan fingerprint density at radius 1 is 0.897 bits per heavy atom. The number of aryl methyl sites for hydroxylation is 2. The van der Waals surface area contributed by atoms with Gasteiger partial charge in [-0.25, -0.2) is 13.2 Å². The predicted molar refractivity (Wildman–Crippen MR) is 114 cm³/mol. The number of halogens is 3. The van der Waals surface area contributed by atoms with Crippen molar-refractivity contribution >= 4 is 6.08 Å². The maximum Gasteiger partial charge on any atom is 0.166 e. The van der Waals surface area contributed by atoms with Gasteiger partial charge in [0.25, 0.3) is 0 Å². The van der Waals surface area contributed by atoms with Gasteiger partial charge >= 0.3 is 0 Å². The van der Waals surface area contributed by atoms with Gasteiger partial charge in [-0.1, -0.05) is 56.7 Å². The third-order valence-electron chi connectivity index (χ3n) is 6.24. The van der Waals surface area contributed by atoms with E-state index in [0.29, 0.717) is 29.4 Å². The van der Waals surface area contributed by atoms with E-state index < -0.39 is 11.6 Å². The zero-order valence-corrected chi connectivity index (χ0v) is 17.5. The van der Waals surface area contributed by atoms with Crippen LogP contribution in [0.1, 0.15) is 80.5 Å². The second kappa shape index (κ2) is 10.1. The highest BCUT2D eigenvalue weighted by atomic mass is 19.2. The third kappa shape index (κ3) is 5.32. The molecule has 2 aromatic rings. The van der Waals surface area contributed by atoms with E-state index in [1.165, 1.54) is 0 Å². The molecule has 2 aromatic carbocycles. The van der Waals surface area contributed by atoms with Gasteiger partial charge in [0.1, 0.15) is 5.82 Å². The maximum atomic E-state index is 14.4. The number of allylic oxidation sites excluding steroid dienone is 1. The van der Waals surface area contributed by atoms with Crippen molar-refractivity contribution in [2.75, 3.05) is 0 Å². The lowest BCUT2D eigenvalue weighted by molar-refractivity contribution is 0.376. The molecule has 1 aliphatic carbocycles. The van der Waals surface area contributed by atoms with Crippen molar-refractivity contribution in [1.29, 1.82) is 0 Å². The van der Waals surface area contributed by atoms with Crippen LogP contribution < -0.4 is 0 Å². The van der Waals surface area contributed by atoms with Gasteiger partial charge in [-0.05, 0) is 79.5 Å². The number of hydrogen-bond donors (Lipinski definition) is 0. The molecule has 0 N–H and O–H groups in total. The second-order valence-corrected chi connectivity index (χ2v) is 8.22. The van der Waals surface area contributed by atoms with Crippen LogP contribution in [0.4, 0.5) is 13.2 Å². The van der Waals surface area contributed by atoms with E-state index in [1.54, 1.807) is 24.3 Å². The van der Waals surface area contributed by atoms with Crippen molar-refractivity contribution in [3.05, 3.63) is 76.1 Å². The van der Waals surface area contributed by atoms with Crippen LogP contribution in [0.3, 0.4) is 0 Å². The third-order valence-corrected chi connectivity index (χ3v) is 6.24. The Bertz CT molecular complexity index is 845. The number of unbranched alkanes of at least 4 members (excludes halogenated alkanes) is 1. The molecule has 1 saturated carbocycles. The summed E-state index contributed by atoms with van der Waals surface area (Å²) in [5.74, 6) is -0.831. The van der Waals surface area contributed by atoms with E-state index >= 15 is 0 Å². The minimum Gasteiger partial charge on any atom is -0.207 e. The molecule has 0 aromatic heterocycles. The Labute approximate surface area is 172 Å². The molecule has 3 rings (SSSR count). The molecule has 0 heterocycles. The lowest BCUT2D eigenvalue weighted by atomic mass is 9.78. The highest BCUT2D eigenvalue weighted by molar-refractivity contribution is 5.51. The van der Waals surface area contributed by atoms with Crippen LogP contribution in [0, 0.1) is 23.4 Å². The van der Waals surface area contributed by atoms with Crippen LogP contribution in [-0.2, 0) is 12.8 Å². The molecule has 0 nitrogen and oxygen atoms in total. The van der Waals surface area contributed by atoms with Crippen molar-refractivity contribution in [1.82, 2.24) is 0 Å². The smallest absolute Gasteiger partial charge is 0.166 e. The zero-order valence-electron chi connectivity index (χ0n) is 17.5. The molecule has 3 heteroatoms. The first kappa shape index (κ1) is 21.7. The minimum atomic E-state index is -0.757. The summed E-state index contributed by atoms with van der Waals surface area (Å²) in [6.45, 7) is 3.93. The monoisotopic (exact) mass is 400 g/mol. The van der Waals surface area contributed by atoms with Gasteiger partial charge in [-0.3, -0.25) is 0 Å². The molecule has 156 valence electrons.